The fourth-order valence-corrected chi connectivity index (χ4v) is 8.20. The van der Waals surface area contributed by atoms with E-state index in [4.69, 9.17) is 4.84 Å². The van der Waals surface area contributed by atoms with Crippen LogP contribution in [-0.4, -0.2) is 53.5 Å². The molecule has 0 aliphatic carbocycles. The summed E-state index contributed by atoms with van der Waals surface area (Å²) in [5.74, 6) is 1.90. The molecule has 0 radical (unpaired) electrons. The van der Waals surface area contributed by atoms with E-state index in [1.807, 2.05) is 42.3 Å². The maximum atomic E-state index is 13.6. The Bertz CT molecular complexity index is 1600. The summed E-state index contributed by atoms with van der Waals surface area (Å²) in [4.78, 5) is 12.4. The van der Waals surface area contributed by atoms with Crippen LogP contribution >= 0.6 is 11.5 Å². The van der Waals surface area contributed by atoms with Crippen molar-refractivity contribution in [3.05, 3.63) is 83.3 Å². The van der Waals surface area contributed by atoms with Gasteiger partial charge in [-0.25, -0.2) is 9.37 Å². The molecule has 2 fully saturated rings. The molecule has 0 bridgehead atoms. The summed E-state index contributed by atoms with van der Waals surface area (Å²) in [5, 5.41) is 5.57. The van der Waals surface area contributed by atoms with E-state index in [9.17, 15) is 8.60 Å². The minimum Gasteiger partial charge on any atom is -0.392 e. The summed E-state index contributed by atoms with van der Waals surface area (Å²) in [6.07, 6.45) is 8.72. The van der Waals surface area contributed by atoms with Crippen LogP contribution in [-0.2, 0) is 15.6 Å². The van der Waals surface area contributed by atoms with E-state index >= 15 is 0 Å². The van der Waals surface area contributed by atoms with Crippen molar-refractivity contribution in [2.24, 2.45) is 10.6 Å². The summed E-state index contributed by atoms with van der Waals surface area (Å²) in [6, 6.07) is 10.7. The lowest BCUT2D eigenvalue weighted by atomic mass is 9.78. The summed E-state index contributed by atoms with van der Waals surface area (Å²) >= 11 is 1.47. The molecule has 37 heavy (non-hydrogen) atoms. The van der Waals surface area contributed by atoms with Crippen LogP contribution in [0.4, 0.5) is 4.39 Å². The van der Waals surface area contributed by atoms with E-state index in [2.05, 4.69) is 37.6 Å². The lowest BCUT2D eigenvalue weighted by molar-refractivity contribution is 0.0398. The van der Waals surface area contributed by atoms with Crippen LogP contribution in [0, 0.1) is 18.2 Å². The molecule has 1 unspecified atom stereocenters. The zero-order chi connectivity index (χ0) is 25.1. The zero-order valence-corrected chi connectivity index (χ0v) is 21.8. The van der Waals surface area contributed by atoms with Crippen molar-refractivity contribution >= 4 is 44.3 Å². The van der Waals surface area contributed by atoms with Gasteiger partial charge in [0.05, 0.1) is 28.5 Å². The molecule has 2 aromatic heterocycles. The standard InChI is InChI=1S/C27H24FN5O2S2/c1-17-11-32(16-29-17)23-7-4-19(22-10-30-36-25(22)23)8-20-9-27(14-37(34)15-27)13-33-24(12-35-31-26(20)33)18-2-5-21(28)6-3-18/h2-8,10-11,16,24H,9,12-15H2,1H3. The average Bonchev–Trinajstić information content (AvgIpc) is 3.53. The highest BCUT2D eigenvalue weighted by molar-refractivity contribution is 7.86. The maximum Gasteiger partial charge on any atom is 0.172 e. The first-order valence-electron chi connectivity index (χ1n) is 12.1. The number of halogens is 1. The molecule has 4 aromatic rings. The first-order valence-corrected chi connectivity index (χ1v) is 14.4. The van der Waals surface area contributed by atoms with Crippen molar-refractivity contribution in [1.29, 1.82) is 0 Å². The monoisotopic (exact) mass is 533 g/mol. The van der Waals surface area contributed by atoms with Crippen LogP contribution < -0.4 is 0 Å². The molecule has 0 saturated carbocycles. The number of amidine groups is 1. The molecule has 1 spiro atoms. The number of fused-ring (bicyclic) bond motifs is 2. The molecule has 7 rings (SSSR count). The Kier molecular flexibility index (Phi) is 5.30. The van der Waals surface area contributed by atoms with E-state index in [0.717, 1.165) is 57.0 Å². The number of oxime groups is 1. The zero-order valence-electron chi connectivity index (χ0n) is 20.1. The molecule has 0 amide bonds. The third-order valence-electron chi connectivity index (χ3n) is 7.43. The Morgan fingerprint density at radius 2 is 2.05 bits per heavy atom. The first-order chi connectivity index (χ1) is 18.0. The minimum atomic E-state index is -0.791. The number of hydrogen-bond acceptors (Lipinski definition) is 7. The largest absolute Gasteiger partial charge is 0.392 e. The van der Waals surface area contributed by atoms with Gasteiger partial charge < -0.3 is 14.3 Å². The highest BCUT2D eigenvalue weighted by Crippen LogP contribution is 2.46. The van der Waals surface area contributed by atoms with E-state index in [0.29, 0.717) is 18.1 Å². The second-order valence-corrected chi connectivity index (χ2v) is 12.4. The highest BCUT2D eigenvalue weighted by atomic mass is 32.2. The summed E-state index contributed by atoms with van der Waals surface area (Å²) < 4.78 is 33.5. The molecule has 10 heteroatoms. The lowest BCUT2D eigenvalue weighted by Gasteiger charge is -2.52. The molecule has 188 valence electrons. The van der Waals surface area contributed by atoms with Gasteiger partial charge in [0.2, 0.25) is 0 Å². The second kappa shape index (κ2) is 8.59. The number of benzene rings is 2. The van der Waals surface area contributed by atoms with Crippen molar-refractivity contribution in [2.45, 2.75) is 19.4 Å². The van der Waals surface area contributed by atoms with Gasteiger partial charge >= 0.3 is 0 Å². The highest BCUT2D eigenvalue weighted by Gasteiger charge is 2.51. The van der Waals surface area contributed by atoms with Gasteiger partial charge in [0.25, 0.3) is 0 Å². The van der Waals surface area contributed by atoms with Gasteiger partial charge in [-0.15, -0.1) is 0 Å². The van der Waals surface area contributed by atoms with E-state index in [1.54, 1.807) is 0 Å². The third-order valence-corrected chi connectivity index (χ3v) is 10.1. The topological polar surface area (TPSA) is 72.6 Å². The molecular weight excluding hydrogens is 509 g/mol. The Hall–Kier alpha value is -3.37. The SMILES string of the molecule is Cc1cn(-c2ccc(C=C3CC4(CN5C3=NOCC5c3ccc(F)cc3)CS(=O)C4)c3cnsc23)cn1. The molecule has 2 saturated heterocycles. The molecule has 3 aliphatic rings. The van der Waals surface area contributed by atoms with Gasteiger partial charge in [-0.2, -0.15) is 4.37 Å². The van der Waals surface area contributed by atoms with Crippen LogP contribution in [0.15, 0.2) is 65.8 Å². The van der Waals surface area contributed by atoms with Crippen LogP contribution in [0.1, 0.15) is 29.3 Å². The molecule has 3 aliphatic heterocycles. The van der Waals surface area contributed by atoms with Crippen LogP contribution in [0.5, 0.6) is 0 Å². The van der Waals surface area contributed by atoms with Crippen molar-refractivity contribution < 1.29 is 13.4 Å². The molecule has 7 nitrogen and oxygen atoms in total. The number of piperidine rings is 1. The molecule has 1 atom stereocenters. The Balaban J connectivity index is 1.31. The first kappa shape index (κ1) is 22.8. The van der Waals surface area contributed by atoms with Gasteiger partial charge in [-0.05, 0) is 65.9 Å². The smallest absolute Gasteiger partial charge is 0.172 e. The van der Waals surface area contributed by atoms with E-state index < -0.39 is 10.8 Å². The van der Waals surface area contributed by atoms with Crippen molar-refractivity contribution in [3.8, 4) is 5.69 Å². The quantitative estimate of drug-likeness (QED) is 0.376. The number of nitrogens with zero attached hydrogens (tertiary/aromatic N) is 5. The van der Waals surface area contributed by atoms with Gasteiger partial charge in [0.15, 0.2) is 5.84 Å². The van der Waals surface area contributed by atoms with Gasteiger partial charge in [0, 0.05) is 52.0 Å². The third kappa shape index (κ3) is 3.90. The van der Waals surface area contributed by atoms with Gasteiger partial charge in [-0.3, -0.25) is 4.21 Å². The summed E-state index contributed by atoms with van der Waals surface area (Å²) in [5.41, 5.74) is 5.05. The Morgan fingerprint density at radius 1 is 1.22 bits per heavy atom. The summed E-state index contributed by atoms with van der Waals surface area (Å²) in [7, 11) is -0.791. The number of imidazole rings is 1. The number of aromatic nitrogens is 3. The van der Waals surface area contributed by atoms with Crippen LogP contribution in [0.2, 0.25) is 0 Å². The fourth-order valence-electron chi connectivity index (χ4n) is 5.73. The molecule has 0 N–H and O–H groups in total. The number of hydrogen-bond donors (Lipinski definition) is 0. The molecule has 5 heterocycles. The Morgan fingerprint density at radius 3 is 2.81 bits per heavy atom. The van der Waals surface area contributed by atoms with Crippen molar-refractivity contribution in [3.63, 3.8) is 0 Å². The van der Waals surface area contributed by atoms with Crippen LogP contribution in [0.3, 0.4) is 0 Å². The second-order valence-electron chi connectivity index (χ2n) is 10.1. The van der Waals surface area contributed by atoms with E-state index in [-0.39, 0.29) is 17.3 Å². The van der Waals surface area contributed by atoms with Crippen LogP contribution in [0.25, 0.3) is 21.8 Å². The normalized spacial score (nSPS) is 26.2. The predicted octanol–water partition coefficient (Wildman–Crippen LogP) is 4.85. The van der Waals surface area contributed by atoms with E-state index in [1.165, 1.54) is 23.7 Å². The van der Waals surface area contributed by atoms with Crippen molar-refractivity contribution in [2.75, 3.05) is 24.7 Å². The van der Waals surface area contributed by atoms with Gasteiger partial charge in [-0.1, -0.05) is 23.4 Å². The molecular formula is C27H24FN5O2S2. The number of rotatable bonds is 3. The fraction of sp³-hybridized carbons (Fsp3) is 0.296. The number of aryl methyl sites for hydroxylation is 1. The lowest BCUT2D eigenvalue weighted by Crippen LogP contribution is -2.59. The minimum absolute atomic E-state index is 0.0639. The summed E-state index contributed by atoms with van der Waals surface area (Å²) in [6.45, 7) is 3.12. The maximum absolute atomic E-state index is 13.6. The average molecular weight is 534 g/mol. The predicted molar refractivity (Wildman–Crippen MR) is 144 cm³/mol. The van der Waals surface area contributed by atoms with Gasteiger partial charge in [0.1, 0.15) is 12.4 Å². The van der Waals surface area contributed by atoms with Crippen molar-refractivity contribution in [1.82, 2.24) is 18.8 Å². The molecule has 2 aromatic carbocycles. The Labute approximate surface area is 219 Å².